The molecular weight excluding hydrogens is 232 g/mol. The molecule has 0 aromatic heterocycles. The van der Waals surface area contributed by atoms with Crippen LogP contribution in [0, 0.1) is 0 Å². The third-order valence-corrected chi connectivity index (χ3v) is 3.96. The van der Waals surface area contributed by atoms with Crippen LogP contribution in [0.4, 0.5) is 0 Å². The fraction of sp³-hybridized carbons (Fsp3) is 0.444. The molecule has 1 atom stereocenters. The molecule has 0 saturated carbocycles. The zero-order valence-corrected chi connectivity index (χ0v) is 12.1. The van der Waals surface area contributed by atoms with E-state index < -0.39 is 0 Å². The van der Waals surface area contributed by atoms with Crippen LogP contribution >= 0.6 is 0 Å². The van der Waals surface area contributed by atoms with Crippen LogP contribution < -0.4 is 4.74 Å². The molecule has 0 aliphatic heterocycles. The second-order valence-electron chi connectivity index (χ2n) is 5.21. The Balaban J connectivity index is 1.90. The van der Waals surface area contributed by atoms with E-state index in [1.54, 1.807) is 12.7 Å². The van der Waals surface area contributed by atoms with Crippen molar-refractivity contribution in [3.63, 3.8) is 0 Å². The van der Waals surface area contributed by atoms with E-state index in [1.165, 1.54) is 37.7 Å². The van der Waals surface area contributed by atoms with Gasteiger partial charge >= 0.3 is 0 Å². The minimum Gasteiger partial charge on any atom is -0.497 e. The molecule has 1 aromatic rings. The predicted molar refractivity (Wildman–Crippen MR) is 81.7 cm³/mol. The molecule has 0 radical (unpaired) electrons. The summed E-state index contributed by atoms with van der Waals surface area (Å²) in [6, 6.07) is 8.56. The second kappa shape index (κ2) is 7.18. The highest BCUT2D eigenvalue weighted by molar-refractivity contribution is 5.30. The summed E-state index contributed by atoms with van der Waals surface area (Å²) in [5.74, 6) is 1.64. The number of hydrogen-bond acceptors (Lipinski definition) is 1. The Labute approximate surface area is 117 Å². The van der Waals surface area contributed by atoms with Crippen LogP contribution in [0.15, 0.2) is 48.1 Å². The molecule has 0 spiro atoms. The van der Waals surface area contributed by atoms with E-state index >= 15 is 0 Å². The molecule has 0 amide bonds. The summed E-state index contributed by atoms with van der Waals surface area (Å²) in [6.07, 6.45) is 13.0. The van der Waals surface area contributed by atoms with Crippen molar-refractivity contribution in [3.8, 4) is 5.75 Å². The van der Waals surface area contributed by atoms with Crippen molar-refractivity contribution in [2.24, 2.45) is 0 Å². The van der Waals surface area contributed by atoms with Crippen molar-refractivity contribution in [2.45, 2.75) is 44.9 Å². The third kappa shape index (κ3) is 3.99. The van der Waals surface area contributed by atoms with Gasteiger partial charge in [0.15, 0.2) is 0 Å². The van der Waals surface area contributed by atoms with Gasteiger partial charge in [-0.25, -0.2) is 0 Å². The average Bonchev–Trinajstić information content (AvgIpc) is 2.48. The van der Waals surface area contributed by atoms with Gasteiger partial charge in [-0.2, -0.15) is 0 Å². The maximum absolute atomic E-state index is 5.21. The van der Waals surface area contributed by atoms with Gasteiger partial charge in [0.25, 0.3) is 0 Å². The number of methoxy groups -OCH3 is 1. The number of hydrogen-bond donors (Lipinski definition) is 0. The lowest BCUT2D eigenvalue weighted by Gasteiger charge is -2.22. The predicted octanol–water partition coefficient (Wildman–Crippen LogP) is 5.25. The van der Waals surface area contributed by atoms with Gasteiger partial charge in [-0.15, -0.1) is 0 Å². The highest BCUT2D eigenvalue weighted by atomic mass is 16.5. The first-order valence-corrected chi connectivity index (χ1v) is 7.26. The maximum atomic E-state index is 5.21. The molecule has 0 heterocycles. The standard InChI is InChI=1S/C18H24O/c1-3-4-5-6-15-7-9-16(10-8-15)17-11-13-18(19-2)14-12-17/h3-4,7,11-14,16H,5-6,8-10H2,1-2H3. The average molecular weight is 256 g/mol. The summed E-state index contributed by atoms with van der Waals surface area (Å²) < 4.78 is 5.21. The quantitative estimate of drug-likeness (QED) is 0.654. The van der Waals surface area contributed by atoms with Gasteiger partial charge in [0.05, 0.1) is 7.11 Å². The fourth-order valence-electron chi connectivity index (χ4n) is 2.73. The first kappa shape index (κ1) is 13.9. The summed E-state index contributed by atoms with van der Waals surface area (Å²) in [4.78, 5) is 0. The van der Waals surface area contributed by atoms with Crippen molar-refractivity contribution in [2.75, 3.05) is 7.11 Å². The van der Waals surface area contributed by atoms with Crippen molar-refractivity contribution in [3.05, 3.63) is 53.6 Å². The second-order valence-corrected chi connectivity index (χ2v) is 5.21. The Morgan fingerprint density at radius 3 is 2.63 bits per heavy atom. The molecule has 1 nitrogen and oxygen atoms in total. The minimum atomic E-state index is 0.691. The first-order chi connectivity index (χ1) is 9.33. The minimum absolute atomic E-state index is 0.691. The van der Waals surface area contributed by atoms with Gasteiger partial charge in [-0.1, -0.05) is 35.9 Å². The van der Waals surface area contributed by atoms with E-state index in [4.69, 9.17) is 4.74 Å². The Morgan fingerprint density at radius 1 is 1.26 bits per heavy atom. The van der Waals surface area contributed by atoms with Gasteiger partial charge in [-0.05, 0) is 62.6 Å². The fourth-order valence-corrected chi connectivity index (χ4v) is 2.73. The third-order valence-electron chi connectivity index (χ3n) is 3.96. The molecule has 2 rings (SSSR count). The van der Waals surface area contributed by atoms with Gasteiger partial charge in [0.2, 0.25) is 0 Å². The highest BCUT2D eigenvalue weighted by Crippen LogP contribution is 2.34. The first-order valence-electron chi connectivity index (χ1n) is 7.26. The molecule has 102 valence electrons. The zero-order chi connectivity index (χ0) is 13.5. The van der Waals surface area contributed by atoms with E-state index in [-0.39, 0.29) is 0 Å². The van der Waals surface area contributed by atoms with Crippen LogP contribution in [0.2, 0.25) is 0 Å². The van der Waals surface area contributed by atoms with Crippen LogP contribution in [-0.2, 0) is 0 Å². The molecule has 1 aliphatic carbocycles. The summed E-state index contributed by atoms with van der Waals surface area (Å²) in [6.45, 7) is 2.09. The van der Waals surface area contributed by atoms with Crippen molar-refractivity contribution >= 4 is 0 Å². The summed E-state index contributed by atoms with van der Waals surface area (Å²) in [5, 5.41) is 0. The Kier molecular flexibility index (Phi) is 5.26. The smallest absolute Gasteiger partial charge is 0.118 e. The molecule has 1 heteroatoms. The normalized spacial score (nSPS) is 19.5. The Morgan fingerprint density at radius 2 is 2.05 bits per heavy atom. The van der Waals surface area contributed by atoms with Crippen LogP contribution in [0.25, 0.3) is 0 Å². The molecule has 1 aliphatic rings. The van der Waals surface area contributed by atoms with Gasteiger partial charge < -0.3 is 4.74 Å². The van der Waals surface area contributed by atoms with E-state index in [2.05, 4.69) is 49.4 Å². The van der Waals surface area contributed by atoms with Crippen molar-refractivity contribution < 1.29 is 4.74 Å². The van der Waals surface area contributed by atoms with E-state index in [0.717, 1.165) is 5.75 Å². The van der Waals surface area contributed by atoms with Crippen LogP contribution in [0.5, 0.6) is 5.75 Å². The Hall–Kier alpha value is -1.50. The summed E-state index contributed by atoms with van der Waals surface area (Å²) in [5.41, 5.74) is 3.09. The van der Waals surface area contributed by atoms with Crippen LogP contribution in [0.3, 0.4) is 0 Å². The molecule has 0 fully saturated rings. The van der Waals surface area contributed by atoms with Crippen molar-refractivity contribution in [1.29, 1.82) is 0 Å². The van der Waals surface area contributed by atoms with Gasteiger partial charge in [0.1, 0.15) is 5.75 Å². The zero-order valence-electron chi connectivity index (χ0n) is 12.1. The SMILES string of the molecule is CC=CCCC1=CCC(c2ccc(OC)cc2)CC1. The maximum Gasteiger partial charge on any atom is 0.118 e. The molecule has 1 aromatic carbocycles. The lowest BCUT2D eigenvalue weighted by Crippen LogP contribution is -2.04. The molecule has 0 N–H and O–H groups in total. The molecule has 19 heavy (non-hydrogen) atoms. The van der Waals surface area contributed by atoms with E-state index in [9.17, 15) is 0 Å². The molecular formula is C18H24O. The number of benzene rings is 1. The van der Waals surface area contributed by atoms with Crippen LogP contribution in [-0.4, -0.2) is 7.11 Å². The topological polar surface area (TPSA) is 9.23 Å². The highest BCUT2D eigenvalue weighted by Gasteiger charge is 2.15. The largest absolute Gasteiger partial charge is 0.497 e. The van der Waals surface area contributed by atoms with Crippen LogP contribution in [0.1, 0.15) is 50.5 Å². The lowest BCUT2D eigenvalue weighted by molar-refractivity contribution is 0.414. The number of rotatable bonds is 5. The number of ether oxygens (including phenoxy) is 1. The number of allylic oxidation sites excluding steroid dienone is 4. The van der Waals surface area contributed by atoms with E-state index in [1.807, 2.05) is 0 Å². The molecule has 0 bridgehead atoms. The Bertz CT molecular complexity index is 439. The monoisotopic (exact) mass is 256 g/mol. The summed E-state index contributed by atoms with van der Waals surface area (Å²) in [7, 11) is 1.72. The lowest BCUT2D eigenvalue weighted by atomic mass is 9.83. The van der Waals surface area contributed by atoms with E-state index in [0.29, 0.717) is 5.92 Å². The van der Waals surface area contributed by atoms with Gasteiger partial charge in [0, 0.05) is 0 Å². The molecule has 1 unspecified atom stereocenters. The van der Waals surface area contributed by atoms with Gasteiger partial charge in [-0.3, -0.25) is 0 Å². The van der Waals surface area contributed by atoms with Crippen molar-refractivity contribution in [1.82, 2.24) is 0 Å². The summed E-state index contributed by atoms with van der Waals surface area (Å²) >= 11 is 0. The molecule has 0 saturated heterocycles.